The number of aromatic nitrogens is 2. The van der Waals surface area contributed by atoms with Crippen LogP contribution >= 0.6 is 15.9 Å². The molecule has 1 N–H and O–H groups in total. The fourth-order valence-corrected chi connectivity index (χ4v) is 3.58. The highest BCUT2D eigenvalue weighted by Crippen LogP contribution is 2.39. The summed E-state index contributed by atoms with van der Waals surface area (Å²) in [4.78, 5) is 29.2. The van der Waals surface area contributed by atoms with Crippen LogP contribution in [0.25, 0.3) is 10.9 Å². The maximum absolute atomic E-state index is 13.3. The number of hydrogen-bond acceptors (Lipinski definition) is 7. The molecule has 0 radical (unpaired) electrons. The van der Waals surface area contributed by atoms with Crippen LogP contribution in [0.2, 0.25) is 0 Å². The Balaban J connectivity index is 2.13. The molecule has 3 aromatic rings. The van der Waals surface area contributed by atoms with E-state index in [0.29, 0.717) is 22.3 Å². The number of hydrogen-bond donors (Lipinski definition) is 1. The van der Waals surface area contributed by atoms with Gasteiger partial charge < -0.3 is 19.3 Å². The van der Waals surface area contributed by atoms with E-state index in [2.05, 4.69) is 21.0 Å². The molecule has 0 aliphatic rings. The molecular weight excluding hydrogens is 506 g/mol. The molecule has 34 heavy (non-hydrogen) atoms. The van der Waals surface area contributed by atoms with Crippen molar-refractivity contribution in [2.45, 2.75) is 39.2 Å². The number of methoxy groups -OCH3 is 2. The Bertz CT molecular complexity index is 1280. The lowest BCUT2D eigenvalue weighted by atomic mass is 10.1. The van der Waals surface area contributed by atoms with Gasteiger partial charge in [0, 0.05) is 16.0 Å². The number of rotatable bonds is 9. The molecule has 10 heteroatoms. The molecular formula is C24H26BrN3O6. The Morgan fingerprint density at radius 1 is 1.21 bits per heavy atom. The quantitative estimate of drug-likeness (QED) is 0.406. The van der Waals surface area contributed by atoms with Gasteiger partial charge in [-0.25, -0.2) is 9.78 Å². The van der Waals surface area contributed by atoms with Gasteiger partial charge in [-0.05, 0) is 43.7 Å². The lowest BCUT2D eigenvalue weighted by Crippen LogP contribution is -2.24. The molecule has 1 aromatic heterocycles. The summed E-state index contributed by atoms with van der Waals surface area (Å²) in [6, 6.07) is 8.60. The van der Waals surface area contributed by atoms with E-state index < -0.39 is 12.1 Å². The highest BCUT2D eigenvalue weighted by atomic mass is 79.9. The molecule has 0 saturated carbocycles. The maximum atomic E-state index is 13.3. The number of nitrogens with zero attached hydrogens (tertiary/aromatic N) is 3. The van der Waals surface area contributed by atoms with Gasteiger partial charge in [-0.15, -0.1) is 0 Å². The zero-order chi connectivity index (χ0) is 25.0. The first-order chi connectivity index (χ1) is 16.2. The first kappa shape index (κ1) is 25.2. The van der Waals surface area contributed by atoms with Crippen molar-refractivity contribution in [3.05, 3.63) is 56.5 Å². The van der Waals surface area contributed by atoms with Crippen LogP contribution in [0.4, 0.5) is 0 Å². The summed E-state index contributed by atoms with van der Waals surface area (Å²) in [5.74, 6) is 0.116. The molecule has 0 amide bonds. The Hall–Kier alpha value is -3.40. The van der Waals surface area contributed by atoms with Crippen LogP contribution in [0, 0.1) is 0 Å². The van der Waals surface area contributed by atoms with Crippen molar-refractivity contribution in [1.82, 2.24) is 9.66 Å². The van der Waals surface area contributed by atoms with Crippen molar-refractivity contribution in [3.8, 4) is 17.2 Å². The van der Waals surface area contributed by atoms with Crippen LogP contribution in [0.3, 0.4) is 0 Å². The minimum atomic E-state index is -1.12. The van der Waals surface area contributed by atoms with E-state index in [9.17, 15) is 14.7 Å². The van der Waals surface area contributed by atoms with Gasteiger partial charge in [0.25, 0.3) is 5.56 Å². The Labute approximate surface area is 205 Å². The minimum Gasteiger partial charge on any atom is -0.493 e. The summed E-state index contributed by atoms with van der Waals surface area (Å²) >= 11 is 3.40. The van der Waals surface area contributed by atoms with E-state index in [1.165, 1.54) is 32.0 Å². The molecule has 0 fully saturated rings. The molecule has 0 unspecified atom stereocenters. The van der Waals surface area contributed by atoms with E-state index in [0.717, 1.165) is 10.9 Å². The molecule has 180 valence electrons. The van der Waals surface area contributed by atoms with Crippen molar-refractivity contribution in [2.75, 3.05) is 14.2 Å². The van der Waals surface area contributed by atoms with E-state index in [-0.39, 0.29) is 28.7 Å². The molecule has 1 heterocycles. The molecule has 2 aromatic carbocycles. The van der Waals surface area contributed by atoms with Crippen molar-refractivity contribution < 1.29 is 24.1 Å². The zero-order valence-electron chi connectivity index (χ0n) is 19.5. The second-order valence-corrected chi connectivity index (χ2v) is 8.57. The number of carbonyl (C=O) groups is 1. The Kier molecular flexibility index (Phi) is 7.93. The topological polar surface area (TPSA) is 112 Å². The lowest BCUT2D eigenvalue weighted by Gasteiger charge is -2.17. The maximum Gasteiger partial charge on any atom is 0.344 e. The second kappa shape index (κ2) is 10.7. The predicted octanol–water partition coefficient (Wildman–Crippen LogP) is 4.42. The van der Waals surface area contributed by atoms with E-state index in [4.69, 9.17) is 19.2 Å². The number of halogens is 1. The highest BCUT2D eigenvalue weighted by Gasteiger charge is 2.21. The number of benzene rings is 2. The van der Waals surface area contributed by atoms with Gasteiger partial charge >= 0.3 is 5.97 Å². The smallest absolute Gasteiger partial charge is 0.344 e. The van der Waals surface area contributed by atoms with Crippen LogP contribution in [-0.4, -0.2) is 47.3 Å². The molecule has 2 atom stereocenters. The van der Waals surface area contributed by atoms with E-state index >= 15 is 0 Å². The number of aliphatic carboxylic acids is 1. The van der Waals surface area contributed by atoms with Gasteiger partial charge in [-0.2, -0.15) is 9.78 Å². The van der Waals surface area contributed by atoms with E-state index in [1.54, 1.807) is 24.3 Å². The zero-order valence-corrected chi connectivity index (χ0v) is 21.1. The van der Waals surface area contributed by atoms with Crippen molar-refractivity contribution in [1.29, 1.82) is 0 Å². The van der Waals surface area contributed by atoms with Crippen LogP contribution in [-0.2, 0) is 4.79 Å². The molecule has 0 saturated heterocycles. The van der Waals surface area contributed by atoms with Crippen LogP contribution in [0.5, 0.6) is 17.2 Å². The second-order valence-electron chi connectivity index (χ2n) is 7.66. The third kappa shape index (κ3) is 5.22. The summed E-state index contributed by atoms with van der Waals surface area (Å²) in [6.45, 7) is 5.41. The SMILES string of the molecule is CC[C@H](C)c1nc2ccc(Br)cc2c(=O)n1N=Cc1cc(OC)c(O[C@@H](C)C(=O)O)c(OC)c1. The number of ether oxygens (including phenoxy) is 3. The standard InChI is InChI=1S/C24H26BrN3O6/c1-6-13(2)22-27-18-8-7-16(25)11-17(18)23(29)28(22)26-12-15-9-19(32-4)21(20(10-15)33-5)34-14(3)24(30)31/h7-14H,6H2,1-5H3,(H,30,31)/t13-,14-/m0/s1. The molecule has 0 spiro atoms. The minimum absolute atomic E-state index is 0.00440. The summed E-state index contributed by atoms with van der Waals surface area (Å²) in [5, 5.41) is 14.1. The lowest BCUT2D eigenvalue weighted by molar-refractivity contribution is -0.144. The van der Waals surface area contributed by atoms with Gasteiger partial charge in [-0.1, -0.05) is 29.8 Å². The summed E-state index contributed by atoms with van der Waals surface area (Å²) in [6.07, 6.45) is 1.16. The number of carboxylic acids is 1. The fraction of sp³-hybridized carbons (Fsp3) is 0.333. The molecule has 0 aliphatic carbocycles. The fourth-order valence-electron chi connectivity index (χ4n) is 3.22. The monoisotopic (exact) mass is 531 g/mol. The molecule has 0 bridgehead atoms. The molecule has 9 nitrogen and oxygen atoms in total. The van der Waals surface area contributed by atoms with Crippen LogP contribution in [0.1, 0.15) is 44.5 Å². The Morgan fingerprint density at radius 2 is 1.85 bits per heavy atom. The number of carboxylic acid groups (broad SMARTS) is 1. The average molecular weight is 532 g/mol. The first-order valence-corrected chi connectivity index (χ1v) is 11.4. The summed E-state index contributed by atoms with van der Waals surface area (Å²) in [5.41, 5.74) is 0.875. The first-order valence-electron chi connectivity index (χ1n) is 10.6. The molecule has 0 aliphatic heterocycles. The summed E-state index contributed by atoms with van der Waals surface area (Å²) < 4.78 is 18.4. The van der Waals surface area contributed by atoms with Gasteiger partial charge in [0.2, 0.25) is 5.75 Å². The van der Waals surface area contributed by atoms with Crippen molar-refractivity contribution in [3.63, 3.8) is 0 Å². The van der Waals surface area contributed by atoms with Gasteiger partial charge in [0.1, 0.15) is 5.82 Å². The third-order valence-electron chi connectivity index (χ3n) is 5.33. The van der Waals surface area contributed by atoms with Gasteiger partial charge in [-0.3, -0.25) is 4.79 Å². The van der Waals surface area contributed by atoms with Gasteiger partial charge in [0.15, 0.2) is 17.6 Å². The van der Waals surface area contributed by atoms with Crippen molar-refractivity contribution in [2.24, 2.45) is 5.10 Å². The van der Waals surface area contributed by atoms with Crippen molar-refractivity contribution >= 4 is 39.0 Å². The van der Waals surface area contributed by atoms with Gasteiger partial charge in [0.05, 0.1) is 31.3 Å². The largest absolute Gasteiger partial charge is 0.493 e. The predicted molar refractivity (Wildman–Crippen MR) is 133 cm³/mol. The summed E-state index contributed by atoms with van der Waals surface area (Å²) in [7, 11) is 2.87. The van der Waals surface area contributed by atoms with E-state index in [1.807, 2.05) is 19.9 Å². The average Bonchev–Trinajstić information content (AvgIpc) is 2.83. The third-order valence-corrected chi connectivity index (χ3v) is 5.83. The number of fused-ring (bicyclic) bond motifs is 1. The van der Waals surface area contributed by atoms with Crippen LogP contribution < -0.4 is 19.8 Å². The molecule has 3 rings (SSSR count). The van der Waals surface area contributed by atoms with Crippen LogP contribution in [0.15, 0.2) is 44.7 Å². The Morgan fingerprint density at radius 3 is 2.41 bits per heavy atom. The highest BCUT2D eigenvalue weighted by molar-refractivity contribution is 9.10. The normalized spacial score (nSPS) is 13.1.